The zero-order chi connectivity index (χ0) is 10.6. The summed E-state index contributed by atoms with van der Waals surface area (Å²) >= 11 is 0. The summed E-state index contributed by atoms with van der Waals surface area (Å²) in [7, 11) is 1.55. The van der Waals surface area contributed by atoms with E-state index in [2.05, 4.69) is 9.97 Å². The first-order valence-corrected chi connectivity index (χ1v) is 4.56. The summed E-state index contributed by atoms with van der Waals surface area (Å²) in [6.45, 7) is 3.51. The van der Waals surface area contributed by atoms with Crippen molar-refractivity contribution in [2.75, 3.05) is 7.11 Å². The fourth-order valence-electron chi connectivity index (χ4n) is 1.13. The molecule has 0 fully saturated rings. The SMILES string of the molecule is CCc1nc(CC(C)=O)cc(OC)n1. The molecule has 0 amide bonds. The Morgan fingerprint density at radius 1 is 1.50 bits per heavy atom. The summed E-state index contributed by atoms with van der Waals surface area (Å²) in [5.74, 6) is 1.32. The first-order chi connectivity index (χ1) is 6.65. The molecule has 1 aromatic rings. The van der Waals surface area contributed by atoms with E-state index in [9.17, 15) is 4.79 Å². The summed E-state index contributed by atoms with van der Waals surface area (Å²) < 4.78 is 5.02. The van der Waals surface area contributed by atoms with Crippen LogP contribution in [-0.2, 0) is 17.6 Å². The Labute approximate surface area is 83.3 Å². The highest BCUT2D eigenvalue weighted by atomic mass is 16.5. The highest BCUT2D eigenvalue weighted by molar-refractivity contribution is 5.77. The van der Waals surface area contributed by atoms with Gasteiger partial charge in [0.1, 0.15) is 11.6 Å². The molecule has 4 nitrogen and oxygen atoms in total. The van der Waals surface area contributed by atoms with Crippen LogP contribution in [0.1, 0.15) is 25.4 Å². The van der Waals surface area contributed by atoms with Crippen molar-refractivity contribution < 1.29 is 9.53 Å². The third-order valence-corrected chi connectivity index (χ3v) is 1.76. The standard InChI is InChI=1S/C10H14N2O2/c1-4-9-11-8(5-7(2)13)6-10(12-9)14-3/h6H,4-5H2,1-3H3. The van der Waals surface area contributed by atoms with Crippen LogP contribution in [-0.4, -0.2) is 22.9 Å². The quantitative estimate of drug-likeness (QED) is 0.722. The monoisotopic (exact) mass is 194 g/mol. The van der Waals surface area contributed by atoms with Gasteiger partial charge in [0.05, 0.1) is 12.8 Å². The molecule has 0 unspecified atom stereocenters. The van der Waals surface area contributed by atoms with Crippen molar-refractivity contribution in [2.24, 2.45) is 0 Å². The molecule has 1 aromatic heterocycles. The van der Waals surface area contributed by atoms with E-state index in [1.807, 2.05) is 6.92 Å². The predicted molar refractivity (Wildman–Crippen MR) is 52.3 cm³/mol. The van der Waals surface area contributed by atoms with Crippen LogP contribution in [0.25, 0.3) is 0 Å². The molecule has 76 valence electrons. The van der Waals surface area contributed by atoms with E-state index in [-0.39, 0.29) is 5.78 Å². The Bertz CT molecular complexity index is 315. The Morgan fingerprint density at radius 3 is 2.71 bits per heavy atom. The first-order valence-electron chi connectivity index (χ1n) is 4.56. The molecule has 0 aliphatic rings. The number of carbonyl (C=O) groups excluding carboxylic acids is 1. The number of hydrogen-bond donors (Lipinski definition) is 0. The van der Waals surface area contributed by atoms with Crippen molar-refractivity contribution in [3.63, 3.8) is 0 Å². The minimum Gasteiger partial charge on any atom is -0.481 e. The Hall–Kier alpha value is -1.45. The van der Waals surface area contributed by atoms with Crippen molar-refractivity contribution >= 4 is 5.78 Å². The Morgan fingerprint density at radius 2 is 2.21 bits per heavy atom. The number of ether oxygens (including phenoxy) is 1. The van der Waals surface area contributed by atoms with Crippen LogP contribution < -0.4 is 4.74 Å². The summed E-state index contributed by atoms with van der Waals surface area (Å²) in [6, 6.07) is 1.69. The van der Waals surface area contributed by atoms with Crippen molar-refractivity contribution in [1.29, 1.82) is 0 Å². The largest absolute Gasteiger partial charge is 0.481 e. The number of nitrogens with zero attached hydrogens (tertiary/aromatic N) is 2. The molecule has 14 heavy (non-hydrogen) atoms. The van der Waals surface area contributed by atoms with Gasteiger partial charge in [-0.2, -0.15) is 4.98 Å². The minimum absolute atomic E-state index is 0.0906. The van der Waals surface area contributed by atoms with Gasteiger partial charge in [-0.3, -0.25) is 4.79 Å². The van der Waals surface area contributed by atoms with E-state index in [0.717, 1.165) is 12.1 Å². The molecule has 0 bridgehead atoms. The predicted octanol–water partition coefficient (Wildman–Crippen LogP) is 1.18. The number of hydrogen-bond acceptors (Lipinski definition) is 4. The third-order valence-electron chi connectivity index (χ3n) is 1.76. The molecule has 0 saturated heterocycles. The minimum atomic E-state index is 0.0906. The lowest BCUT2D eigenvalue weighted by molar-refractivity contribution is -0.116. The lowest BCUT2D eigenvalue weighted by atomic mass is 10.2. The zero-order valence-electron chi connectivity index (χ0n) is 8.70. The molecule has 0 aromatic carbocycles. The summed E-state index contributed by atoms with van der Waals surface area (Å²) in [6.07, 6.45) is 1.08. The normalized spacial score (nSPS) is 9.93. The highest BCUT2D eigenvalue weighted by Crippen LogP contribution is 2.10. The molecule has 0 aliphatic carbocycles. The smallest absolute Gasteiger partial charge is 0.216 e. The van der Waals surface area contributed by atoms with Gasteiger partial charge in [-0.05, 0) is 6.92 Å². The van der Waals surface area contributed by atoms with Gasteiger partial charge in [-0.25, -0.2) is 4.98 Å². The molecule has 0 atom stereocenters. The Kier molecular flexibility index (Phi) is 3.56. The van der Waals surface area contributed by atoms with Gasteiger partial charge in [0.15, 0.2) is 0 Å². The average molecular weight is 194 g/mol. The molecule has 0 aliphatic heterocycles. The summed E-state index contributed by atoms with van der Waals surface area (Å²) in [5.41, 5.74) is 0.723. The maximum atomic E-state index is 10.9. The zero-order valence-corrected chi connectivity index (χ0v) is 8.70. The number of methoxy groups -OCH3 is 1. The molecule has 0 radical (unpaired) electrons. The van der Waals surface area contributed by atoms with Gasteiger partial charge < -0.3 is 4.74 Å². The van der Waals surface area contributed by atoms with Crippen LogP contribution in [0.4, 0.5) is 0 Å². The van der Waals surface area contributed by atoms with Gasteiger partial charge in [0.25, 0.3) is 0 Å². The van der Waals surface area contributed by atoms with Gasteiger partial charge in [0, 0.05) is 18.9 Å². The first kappa shape index (κ1) is 10.6. The molecular weight excluding hydrogens is 180 g/mol. The third kappa shape index (κ3) is 2.80. The van der Waals surface area contributed by atoms with Crippen LogP contribution in [0.3, 0.4) is 0 Å². The van der Waals surface area contributed by atoms with Crippen LogP contribution in [0.15, 0.2) is 6.07 Å². The fraction of sp³-hybridized carbons (Fsp3) is 0.500. The summed E-state index contributed by atoms with van der Waals surface area (Å²) in [4.78, 5) is 19.3. The second-order valence-electron chi connectivity index (χ2n) is 3.05. The number of Topliss-reactive ketones (excluding diaryl/α,β-unsaturated/α-hetero) is 1. The van der Waals surface area contributed by atoms with Gasteiger partial charge in [0.2, 0.25) is 5.88 Å². The maximum Gasteiger partial charge on any atom is 0.216 e. The van der Waals surface area contributed by atoms with E-state index in [4.69, 9.17) is 4.74 Å². The van der Waals surface area contributed by atoms with E-state index in [1.54, 1.807) is 20.1 Å². The highest BCUT2D eigenvalue weighted by Gasteiger charge is 2.05. The van der Waals surface area contributed by atoms with E-state index in [1.165, 1.54) is 0 Å². The van der Waals surface area contributed by atoms with Crippen molar-refractivity contribution in [3.05, 3.63) is 17.6 Å². The van der Waals surface area contributed by atoms with Gasteiger partial charge >= 0.3 is 0 Å². The number of rotatable bonds is 4. The fourth-order valence-corrected chi connectivity index (χ4v) is 1.13. The molecule has 0 saturated carbocycles. The van der Waals surface area contributed by atoms with Crippen LogP contribution in [0, 0.1) is 0 Å². The maximum absolute atomic E-state index is 10.9. The summed E-state index contributed by atoms with van der Waals surface area (Å²) in [5, 5.41) is 0. The Balaban J connectivity index is 2.98. The van der Waals surface area contributed by atoms with E-state index < -0.39 is 0 Å². The van der Waals surface area contributed by atoms with Crippen LogP contribution >= 0.6 is 0 Å². The van der Waals surface area contributed by atoms with E-state index >= 15 is 0 Å². The molecule has 0 N–H and O–H groups in total. The number of carbonyl (C=O) groups is 1. The second-order valence-corrected chi connectivity index (χ2v) is 3.05. The van der Waals surface area contributed by atoms with Crippen LogP contribution in [0.2, 0.25) is 0 Å². The van der Waals surface area contributed by atoms with Crippen molar-refractivity contribution in [1.82, 2.24) is 9.97 Å². The number of aryl methyl sites for hydroxylation is 1. The van der Waals surface area contributed by atoms with Crippen molar-refractivity contribution in [2.45, 2.75) is 26.7 Å². The second kappa shape index (κ2) is 4.69. The van der Waals surface area contributed by atoms with Crippen molar-refractivity contribution in [3.8, 4) is 5.88 Å². The van der Waals surface area contributed by atoms with E-state index in [0.29, 0.717) is 18.1 Å². The molecule has 1 heterocycles. The number of ketones is 1. The van der Waals surface area contributed by atoms with Gasteiger partial charge in [-0.1, -0.05) is 6.92 Å². The topological polar surface area (TPSA) is 52.1 Å². The molecule has 1 rings (SSSR count). The molecule has 4 heteroatoms. The average Bonchev–Trinajstić information content (AvgIpc) is 2.16. The lowest BCUT2D eigenvalue weighted by Crippen LogP contribution is -2.04. The van der Waals surface area contributed by atoms with Gasteiger partial charge in [-0.15, -0.1) is 0 Å². The lowest BCUT2D eigenvalue weighted by Gasteiger charge is -2.04. The molecular formula is C10H14N2O2. The van der Waals surface area contributed by atoms with Crippen LogP contribution in [0.5, 0.6) is 5.88 Å². The number of aromatic nitrogens is 2. The molecule has 0 spiro atoms.